The summed E-state index contributed by atoms with van der Waals surface area (Å²) in [5.74, 6) is -0.528. The SMILES string of the molecule is Nc1cccc(C(=O)N=C=S)c1N. The summed E-state index contributed by atoms with van der Waals surface area (Å²) in [5.41, 5.74) is 11.9. The van der Waals surface area contributed by atoms with Gasteiger partial charge in [-0.25, -0.2) is 0 Å². The topological polar surface area (TPSA) is 81.5 Å². The van der Waals surface area contributed by atoms with Gasteiger partial charge in [0.1, 0.15) is 0 Å². The maximum absolute atomic E-state index is 11.2. The van der Waals surface area contributed by atoms with Crippen LogP contribution in [0, 0.1) is 0 Å². The van der Waals surface area contributed by atoms with Crippen LogP contribution in [0.5, 0.6) is 0 Å². The normalized spacial score (nSPS) is 8.92. The second kappa shape index (κ2) is 3.80. The minimum absolute atomic E-state index is 0.224. The van der Waals surface area contributed by atoms with Gasteiger partial charge >= 0.3 is 0 Å². The van der Waals surface area contributed by atoms with Crippen molar-refractivity contribution >= 4 is 34.7 Å². The highest BCUT2D eigenvalue weighted by Gasteiger charge is 2.09. The van der Waals surface area contributed by atoms with Gasteiger partial charge in [0.25, 0.3) is 5.91 Å². The molecule has 66 valence electrons. The van der Waals surface area contributed by atoms with Crippen molar-refractivity contribution in [2.75, 3.05) is 11.5 Å². The fourth-order valence-corrected chi connectivity index (χ4v) is 0.954. The molecule has 0 spiro atoms. The van der Waals surface area contributed by atoms with Gasteiger partial charge in [-0.1, -0.05) is 6.07 Å². The van der Waals surface area contributed by atoms with E-state index in [1.54, 1.807) is 12.1 Å². The third-order valence-electron chi connectivity index (χ3n) is 1.52. The molecule has 5 heteroatoms. The molecule has 1 rings (SSSR count). The number of amides is 1. The molecule has 0 heterocycles. The van der Waals surface area contributed by atoms with Crippen LogP contribution in [0.25, 0.3) is 0 Å². The minimum atomic E-state index is -0.528. The van der Waals surface area contributed by atoms with Crippen LogP contribution in [0.4, 0.5) is 11.4 Å². The Morgan fingerprint density at radius 2 is 2.15 bits per heavy atom. The number of anilines is 2. The number of rotatable bonds is 1. The molecule has 0 fully saturated rings. The first kappa shape index (κ1) is 9.38. The molecule has 4 nitrogen and oxygen atoms in total. The van der Waals surface area contributed by atoms with Crippen molar-refractivity contribution in [1.82, 2.24) is 0 Å². The maximum atomic E-state index is 11.2. The minimum Gasteiger partial charge on any atom is -0.397 e. The van der Waals surface area contributed by atoms with Crippen molar-refractivity contribution in [3.05, 3.63) is 23.8 Å². The Balaban J connectivity index is 3.22. The summed E-state index contributed by atoms with van der Waals surface area (Å²) in [4.78, 5) is 14.5. The van der Waals surface area contributed by atoms with E-state index in [1.165, 1.54) is 6.07 Å². The summed E-state index contributed by atoms with van der Waals surface area (Å²) in [6.45, 7) is 0. The first-order valence-corrected chi connectivity index (χ1v) is 3.84. The first-order valence-electron chi connectivity index (χ1n) is 3.43. The lowest BCUT2D eigenvalue weighted by molar-refractivity contribution is 0.100. The van der Waals surface area contributed by atoms with Gasteiger partial charge in [-0.2, -0.15) is 4.99 Å². The predicted octanol–water partition coefficient (Wildman–Crippen LogP) is 1.09. The molecular weight excluding hydrogens is 186 g/mol. The molecule has 0 saturated carbocycles. The number of benzene rings is 1. The molecule has 0 unspecified atom stereocenters. The molecule has 13 heavy (non-hydrogen) atoms. The zero-order valence-electron chi connectivity index (χ0n) is 6.65. The van der Waals surface area contributed by atoms with Crippen LogP contribution in [-0.2, 0) is 0 Å². The van der Waals surface area contributed by atoms with Crippen LogP contribution < -0.4 is 11.5 Å². The summed E-state index contributed by atoms with van der Waals surface area (Å²) >= 11 is 4.29. The van der Waals surface area contributed by atoms with Gasteiger partial charge in [0.2, 0.25) is 0 Å². The smallest absolute Gasteiger partial charge is 0.288 e. The van der Waals surface area contributed by atoms with E-state index in [0.717, 1.165) is 0 Å². The third-order valence-corrected chi connectivity index (χ3v) is 1.61. The Kier molecular flexibility index (Phi) is 2.74. The van der Waals surface area contributed by atoms with E-state index in [1.807, 2.05) is 5.16 Å². The van der Waals surface area contributed by atoms with E-state index in [-0.39, 0.29) is 11.3 Å². The zero-order valence-corrected chi connectivity index (χ0v) is 7.47. The van der Waals surface area contributed by atoms with Crippen molar-refractivity contribution in [2.24, 2.45) is 4.99 Å². The highest BCUT2D eigenvalue weighted by Crippen LogP contribution is 2.19. The fourth-order valence-electron chi connectivity index (χ4n) is 0.871. The largest absolute Gasteiger partial charge is 0.397 e. The predicted molar refractivity (Wildman–Crippen MR) is 54.6 cm³/mol. The Bertz CT molecular complexity index is 396. The lowest BCUT2D eigenvalue weighted by Crippen LogP contribution is -2.03. The van der Waals surface area contributed by atoms with Crippen molar-refractivity contribution < 1.29 is 4.79 Å². The fraction of sp³-hybridized carbons (Fsp3) is 0. The molecule has 1 amide bonds. The molecule has 4 N–H and O–H groups in total. The summed E-state index contributed by atoms with van der Waals surface area (Å²) in [6.07, 6.45) is 0. The highest BCUT2D eigenvalue weighted by molar-refractivity contribution is 7.78. The van der Waals surface area contributed by atoms with Crippen LogP contribution in [-0.4, -0.2) is 11.1 Å². The number of nitrogens with zero attached hydrogens (tertiary/aromatic N) is 1. The number of isothiocyanates is 1. The van der Waals surface area contributed by atoms with E-state index in [4.69, 9.17) is 11.5 Å². The molecule has 0 aromatic heterocycles. The molecule has 0 atom stereocenters. The van der Waals surface area contributed by atoms with Crippen LogP contribution in [0.3, 0.4) is 0 Å². The number of nitrogen functional groups attached to an aromatic ring is 2. The van der Waals surface area contributed by atoms with Crippen molar-refractivity contribution in [3.63, 3.8) is 0 Å². The molecule has 1 aromatic carbocycles. The van der Waals surface area contributed by atoms with Gasteiger partial charge in [0, 0.05) is 0 Å². The number of carbonyl (C=O) groups is 1. The van der Waals surface area contributed by atoms with Crippen LogP contribution >= 0.6 is 12.2 Å². The molecule has 0 bridgehead atoms. The van der Waals surface area contributed by atoms with E-state index >= 15 is 0 Å². The second-order valence-corrected chi connectivity index (χ2v) is 2.50. The van der Waals surface area contributed by atoms with Crippen LogP contribution in [0.1, 0.15) is 10.4 Å². The van der Waals surface area contributed by atoms with Gasteiger partial charge < -0.3 is 11.5 Å². The second-order valence-electron chi connectivity index (χ2n) is 2.32. The molecule has 0 aliphatic carbocycles. The molecule has 1 aromatic rings. The lowest BCUT2D eigenvalue weighted by atomic mass is 10.1. The first-order chi connectivity index (χ1) is 6.16. The van der Waals surface area contributed by atoms with Crippen LogP contribution in [0.15, 0.2) is 23.2 Å². The monoisotopic (exact) mass is 193 g/mol. The number of thiocarbonyl (C=S) groups is 1. The number of aliphatic imine (C=N–C) groups is 1. The summed E-state index contributed by atoms with van der Waals surface area (Å²) < 4.78 is 0. The Morgan fingerprint density at radius 3 is 2.77 bits per heavy atom. The number of nitrogens with two attached hydrogens (primary N) is 2. The maximum Gasteiger partial charge on any atom is 0.288 e. The van der Waals surface area contributed by atoms with E-state index in [9.17, 15) is 4.79 Å². The van der Waals surface area contributed by atoms with E-state index in [2.05, 4.69) is 17.2 Å². The Labute approximate surface area is 80.3 Å². The van der Waals surface area contributed by atoms with Gasteiger partial charge in [-0.15, -0.1) is 0 Å². The van der Waals surface area contributed by atoms with E-state index in [0.29, 0.717) is 5.69 Å². The summed E-state index contributed by atoms with van der Waals surface area (Å²) in [5, 5.41) is 1.98. The summed E-state index contributed by atoms with van der Waals surface area (Å²) in [7, 11) is 0. The van der Waals surface area contributed by atoms with Gasteiger partial charge in [-0.05, 0) is 24.4 Å². The number of hydrogen-bond acceptors (Lipinski definition) is 4. The van der Waals surface area contributed by atoms with Crippen molar-refractivity contribution in [2.45, 2.75) is 0 Å². The number of hydrogen-bond donors (Lipinski definition) is 2. The standard InChI is InChI=1S/C8H7N3OS/c9-6-3-1-2-5(7(6)10)8(12)11-4-13/h1-3H,9-10H2. The van der Waals surface area contributed by atoms with Gasteiger partial charge in [-0.3, -0.25) is 4.79 Å². The molecule has 0 saturated heterocycles. The average Bonchev–Trinajstić information content (AvgIpc) is 2.10. The van der Waals surface area contributed by atoms with E-state index < -0.39 is 5.91 Å². The average molecular weight is 193 g/mol. The lowest BCUT2D eigenvalue weighted by Gasteiger charge is -2.02. The van der Waals surface area contributed by atoms with Gasteiger partial charge in [0.05, 0.1) is 22.1 Å². The summed E-state index contributed by atoms with van der Waals surface area (Å²) in [6, 6.07) is 4.76. The Hall–Kier alpha value is -1.71. The third kappa shape index (κ3) is 1.90. The number of para-hydroxylation sites is 1. The number of carbonyl (C=O) groups excluding carboxylic acids is 1. The molecular formula is C8H7N3OS. The van der Waals surface area contributed by atoms with Crippen LogP contribution in [0.2, 0.25) is 0 Å². The van der Waals surface area contributed by atoms with Gasteiger partial charge in [0.15, 0.2) is 0 Å². The quantitative estimate of drug-likeness (QED) is 0.397. The van der Waals surface area contributed by atoms with Crippen molar-refractivity contribution in [1.29, 1.82) is 0 Å². The zero-order chi connectivity index (χ0) is 9.84. The highest BCUT2D eigenvalue weighted by atomic mass is 32.1. The molecule has 0 aliphatic rings. The molecule has 0 radical (unpaired) electrons. The van der Waals surface area contributed by atoms with Crippen molar-refractivity contribution in [3.8, 4) is 0 Å². The Morgan fingerprint density at radius 1 is 1.46 bits per heavy atom. The molecule has 0 aliphatic heterocycles.